The van der Waals surface area contributed by atoms with Gasteiger partial charge in [0.25, 0.3) is 0 Å². The van der Waals surface area contributed by atoms with Crippen molar-refractivity contribution in [2.75, 3.05) is 0 Å². The van der Waals surface area contributed by atoms with Crippen molar-refractivity contribution >= 4 is 5.91 Å². The molecule has 8 atom stereocenters. The van der Waals surface area contributed by atoms with Crippen molar-refractivity contribution in [3.05, 3.63) is 12.2 Å². The monoisotopic (exact) mass is 317 g/mol. The van der Waals surface area contributed by atoms with Crippen LogP contribution in [0.1, 0.15) is 47.0 Å². The summed E-state index contributed by atoms with van der Waals surface area (Å²) >= 11 is 0. The van der Waals surface area contributed by atoms with E-state index >= 15 is 0 Å². The second-order valence-corrected chi connectivity index (χ2v) is 9.05. The van der Waals surface area contributed by atoms with Crippen LogP contribution in [0.4, 0.5) is 0 Å². The van der Waals surface area contributed by atoms with E-state index in [0.717, 1.165) is 12.8 Å². The lowest BCUT2D eigenvalue weighted by atomic mass is 9.70. The fourth-order valence-corrected chi connectivity index (χ4v) is 6.18. The zero-order chi connectivity index (χ0) is 16.1. The first-order valence-electron chi connectivity index (χ1n) is 9.22. The van der Waals surface area contributed by atoms with Gasteiger partial charge in [0, 0.05) is 17.4 Å². The highest BCUT2D eigenvalue weighted by atomic mass is 16.6. The first kappa shape index (κ1) is 14.5. The second-order valence-electron chi connectivity index (χ2n) is 9.05. The molecule has 0 unspecified atom stereocenters. The number of hydrogen-bond donors (Lipinski definition) is 0. The van der Waals surface area contributed by atoms with Crippen LogP contribution in [0.2, 0.25) is 0 Å². The summed E-state index contributed by atoms with van der Waals surface area (Å²) in [4.78, 5) is 15.4. The maximum atomic E-state index is 13.3. The average Bonchev–Trinajstić information content (AvgIpc) is 3.09. The molecule has 1 aliphatic carbocycles. The molecular weight excluding hydrogens is 290 g/mol. The van der Waals surface area contributed by atoms with Gasteiger partial charge in [0.15, 0.2) is 6.23 Å². The van der Waals surface area contributed by atoms with Gasteiger partial charge in [0.2, 0.25) is 5.91 Å². The number of hydrogen-bond acceptors (Lipinski definition) is 3. The van der Waals surface area contributed by atoms with Gasteiger partial charge >= 0.3 is 0 Å². The molecule has 2 bridgehead atoms. The highest BCUT2D eigenvalue weighted by Crippen LogP contribution is 2.60. The number of rotatable bonds is 0. The Morgan fingerprint density at radius 3 is 2.83 bits per heavy atom. The smallest absolute Gasteiger partial charge is 0.232 e. The van der Waals surface area contributed by atoms with Gasteiger partial charge in [0.1, 0.15) is 5.60 Å². The van der Waals surface area contributed by atoms with Crippen molar-refractivity contribution in [1.82, 2.24) is 4.90 Å². The van der Waals surface area contributed by atoms with Crippen LogP contribution in [0, 0.1) is 23.7 Å². The average molecular weight is 317 g/mol. The number of carbonyl (C=O) groups excluding carboxylic acids is 1. The zero-order valence-electron chi connectivity index (χ0n) is 14.5. The SMILES string of the molecule is C[C@@H]1CC[C@@H]2[C@@H](C1)O[C@@H]1N(C(=O)[C@@H]3[C@@H](C)[C@H]4C=C[C@]31O4)C2(C)C. The Morgan fingerprint density at radius 1 is 1.26 bits per heavy atom. The van der Waals surface area contributed by atoms with Crippen LogP contribution in [0.5, 0.6) is 0 Å². The Labute approximate surface area is 138 Å². The highest BCUT2D eigenvalue weighted by Gasteiger charge is 2.73. The fraction of sp³-hybridized carbons (Fsp3) is 0.842. The Morgan fingerprint density at radius 2 is 2.04 bits per heavy atom. The number of ether oxygens (including phenoxy) is 2. The number of amides is 1. The Balaban J connectivity index is 1.60. The summed E-state index contributed by atoms with van der Waals surface area (Å²) in [5.74, 6) is 1.57. The zero-order valence-corrected chi connectivity index (χ0v) is 14.5. The molecule has 1 spiro atoms. The van der Waals surface area contributed by atoms with Gasteiger partial charge in [-0.15, -0.1) is 0 Å². The summed E-state index contributed by atoms with van der Waals surface area (Å²) in [6, 6.07) is 0. The topological polar surface area (TPSA) is 38.8 Å². The van der Waals surface area contributed by atoms with Crippen LogP contribution in [0.3, 0.4) is 0 Å². The minimum atomic E-state index is -0.538. The quantitative estimate of drug-likeness (QED) is 0.645. The Kier molecular flexibility index (Phi) is 2.65. The summed E-state index contributed by atoms with van der Waals surface area (Å²) in [7, 11) is 0. The van der Waals surface area contributed by atoms with E-state index in [1.807, 2.05) is 0 Å². The van der Waals surface area contributed by atoms with Gasteiger partial charge < -0.3 is 14.4 Å². The van der Waals surface area contributed by atoms with Gasteiger partial charge in [-0.3, -0.25) is 4.79 Å². The summed E-state index contributed by atoms with van der Waals surface area (Å²) in [5, 5.41) is 0. The van der Waals surface area contributed by atoms with Crippen molar-refractivity contribution < 1.29 is 14.3 Å². The molecule has 0 N–H and O–H groups in total. The lowest BCUT2D eigenvalue weighted by Gasteiger charge is -2.56. The van der Waals surface area contributed by atoms with Crippen LogP contribution in [0.15, 0.2) is 12.2 Å². The molecular formula is C19H27NO3. The molecule has 0 aromatic rings. The molecule has 4 heterocycles. The molecule has 5 rings (SSSR count). The molecule has 126 valence electrons. The summed E-state index contributed by atoms with van der Waals surface area (Å²) < 4.78 is 12.9. The van der Waals surface area contributed by atoms with E-state index < -0.39 is 5.60 Å². The fourth-order valence-electron chi connectivity index (χ4n) is 6.18. The van der Waals surface area contributed by atoms with Crippen LogP contribution < -0.4 is 0 Å². The summed E-state index contributed by atoms with van der Waals surface area (Å²) in [6.45, 7) is 8.96. The van der Waals surface area contributed by atoms with E-state index in [4.69, 9.17) is 9.47 Å². The lowest BCUT2D eigenvalue weighted by Crippen LogP contribution is -2.66. The van der Waals surface area contributed by atoms with Crippen LogP contribution >= 0.6 is 0 Å². The van der Waals surface area contributed by atoms with Gasteiger partial charge in [-0.1, -0.05) is 26.3 Å². The first-order chi connectivity index (χ1) is 10.9. The first-order valence-corrected chi connectivity index (χ1v) is 9.22. The molecule has 0 radical (unpaired) electrons. The maximum Gasteiger partial charge on any atom is 0.232 e. The third-order valence-corrected chi connectivity index (χ3v) is 7.43. The van der Waals surface area contributed by atoms with Crippen LogP contribution in [-0.2, 0) is 14.3 Å². The number of carbonyl (C=O) groups is 1. The normalized spacial score (nSPS) is 55.7. The van der Waals surface area contributed by atoms with Gasteiger partial charge in [-0.2, -0.15) is 0 Å². The van der Waals surface area contributed by atoms with E-state index in [0.29, 0.717) is 11.8 Å². The van der Waals surface area contributed by atoms with E-state index in [1.54, 1.807) is 0 Å². The molecule has 4 heteroatoms. The summed E-state index contributed by atoms with van der Waals surface area (Å²) in [6.07, 6.45) is 7.87. The molecule has 4 nitrogen and oxygen atoms in total. The third-order valence-electron chi connectivity index (χ3n) is 7.43. The lowest BCUT2D eigenvalue weighted by molar-refractivity contribution is -0.251. The predicted octanol–water partition coefficient (Wildman–Crippen LogP) is 2.73. The summed E-state index contributed by atoms with van der Waals surface area (Å²) in [5.41, 5.74) is -0.691. The van der Waals surface area contributed by atoms with Gasteiger partial charge in [0.05, 0.1) is 18.1 Å². The number of fused-ring (bicyclic) bond motifs is 3. The van der Waals surface area contributed by atoms with E-state index in [2.05, 4.69) is 44.7 Å². The van der Waals surface area contributed by atoms with E-state index in [-0.39, 0.29) is 41.7 Å². The van der Waals surface area contributed by atoms with Crippen molar-refractivity contribution in [3.63, 3.8) is 0 Å². The van der Waals surface area contributed by atoms with Crippen molar-refractivity contribution in [3.8, 4) is 0 Å². The molecule has 4 fully saturated rings. The highest BCUT2D eigenvalue weighted by molar-refractivity contribution is 5.86. The Hall–Kier alpha value is -0.870. The molecule has 0 aromatic heterocycles. The van der Waals surface area contributed by atoms with Crippen LogP contribution in [0.25, 0.3) is 0 Å². The largest absolute Gasteiger partial charge is 0.358 e. The standard InChI is InChI=1S/C19H27NO3/c1-10-5-6-12-14(9-10)22-17-19-8-7-13(23-19)11(2)15(19)16(21)20(17)18(12,3)4/h7-8,10-15,17H,5-6,9H2,1-4H3/t10-,11+,12-,13-,14-,15+,17+,19+/m1/s1. The van der Waals surface area contributed by atoms with E-state index in [9.17, 15) is 4.79 Å². The van der Waals surface area contributed by atoms with Crippen molar-refractivity contribution in [2.24, 2.45) is 23.7 Å². The third kappa shape index (κ3) is 1.53. The minimum Gasteiger partial charge on any atom is -0.358 e. The number of nitrogens with zero attached hydrogens (tertiary/aromatic N) is 1. The molecule has 5 aliphatic rings. The van der Waals surface area contributed by atoms with Crippen molar-refractivity contribution in [1.29, 1.82) is 0 Å². The molecule has 3 saturated heterocycles. The van der Waals surface area contributed by atoms with Gasteiger partial charge in [-0.25, -0.2) is 0 Å². The molecule has 0 aromatic carbocycles. The maximum absolute atomic E-state index is 13.3. The van der Waals surface area contributed by atoms with E-state index in [1.165, 1.54) is 6.42 Å². The molecule has 1 amide bonds. The van der Waals surface area contributed by atoms with Gasteiger partial charge in [-0.05, 0) is 38.7 Å². The molecule has 4 aliphatic heterocycles. The molecule has 1 saturated carbocycles. The van der Waals surface area contributed by atoms with Crippen LogP contribution in [-0.4, -0.2) is 40.4 Å². The Bertz CT molecular complexity index is 599. The minimum absolute atomic E-state index is 0.0700. The molecule has 23 heavy (non-hydrogen) atoms. The second kappa shape index (κ2) is 4.20. The van der Waals surface area contributed by atoms with Crippen molar-refractivity contribution in [2.45, 2.75) is 76.5 Å². The predicted molar refractivity (Wildman–Crippen MR) is 85.5 cm³/mol.